The van der Waals surface area contributed by atoms with Gasteiger partial charge in [-0.1, -0.05) is 6.07 Å². The monoisotopic (exact) mass is 261 g/mol. The molecule has 0 unspecified atom stereocenters. The summed E-state index contributed by atoms with van der Waals surface area (Å²) in [4.78, 5) is 18.1. The molecule has 2 atom stereocenters. The van der Waals surface area contributed by atoms with Crippen LogP contribution in [0.5, 0.6) is 0 Å². The normalized spacial score (nSPS) is 27.5. The van der Waals surface area contributed by atoms with Gasteiger partial charge in [0, 0.05) is 25.7 Å². The van der Waals surface area contributed by atoms with Crippen LogP contribution in [0.25, 0.3) is 0 Å². The van der Waals surface area contributed by atoms with Crippen molar-refractivity contribution in [2.24, 2.45) is 5.92 Å². The van der Waals surface area contributed by atoms with Gasteiger partial charge in [-0.15, -0.1) is 0 Å². The topological polar surface area (TPSA) is 54.5 Å². The van der Waals surface area contributed by atoms with Crippen LogP contribution < -0.4 is 5.32 Å². The van der Waals surface area contributed by atoms with Gasteiger partial charge in [0.15, 0.2) is 0 Å². The predicted molar refractivity (Wildman–Crippen MR) is 71.8 cm³/mol. The molecular formula is C14H19N3O2. The third-order valence-corrected chi connectivity index (χ3v) is 3.90. The molecule has 0 bridgehead atoms. The molecule has 102 valence electrons. The highest BCUT2D eigenvalue weighted by Crippen LogP contribution is 2.23. The molecule has 0 spiro atoms. The number of pyridine rings is 1. The number of carbonyl (C=O) groups is 1. The lowest BCUT2D eigenvalue weighted by Gasteiger charge is -2.20. The second-order valence-corrected chi connectivity index (χ2v) is 5.22. The lowest BCUT2D eigenvalue weighted by atomic mass is 10.1. The lowest BCUT2D eigenvalue weighted by molar-refractivity contribution is -0.142. The fourth-order valence-corrected chi connectivity index (χ4v) is 2.85. The fraction of sp³-hybridized carbons (Fsp3) is 0.571. The van der Waals surface area contributed by atoms with E-state index in [1.807, 2.05) is 18.2 Å². The minimum Gasteiger partial charge on any atom is -0.464 e. The van der Waals surface area contributed by atoms with Crippen LogP contribution in [0.4, 0.5) is 5.82 Å². The number of anilines is 1. The van der Waals surface area contributed by atoms with Crippen LogP contribution in [-0.4, -0.2) is 48.1 Å². The lowest BCUT2D eigenvalue weighted by Crippen LogP contribution is -2.37. The molecule has 1 aromatic rings. The van der Waals surface area contributed by atoms with Gasteiger partial charge in [-0.05, 0) is 31.0 Å². The Labute approximate surface area is 113 Å². The molecule has 3 rings (SSSR count). The highest BCUT2D eigenvalue weighted by molar-refractivity contribution is 5.77. The maximum Gasteiger partial charge on any atom is 0.323 e. The third kappa shape index (κ3) is 2.87. The Hall–Kier alpha value is -1.62. The maximum atomic E-state index is 11.6. The summed E-state index contributed by atoms with van der Waals surface area (Å²) in [6.07, 6.45) is 3.76. The van der Waals surface area contributed by atoms with E-state index in [-0.39, 0.29) is 12.0 Å². The summed E-state index contributed by atoms with van der Waals surface area (Å²) in [6.45, 7) is 3.46. The number of carbonyl (C=O) groups excluding carboxylic acids is 1. The molecule has 1 aromatic heterocycles. The minimum atomic E-state index is -0.0432. The average Bonchev–Trinajstić information content (AvgIpc) is 3.06. The van der Waals surface area contributed by atoms with E-state index in [1.54, 1.807) is 6.20 Å². The third-order valence-electron chi connectivity index (χ3n) is 3.90. The SMILES string of the molecule is O=C1OCC[C@@H]1N1CC[C@@H](CNc2ccccn2)C1. The molecule has 2 saturated heterocycles. The molecule has 2 fully saturated rings. The highest BCUT2D eigenvalue weighted by Gasteiger charge is 2.36. The van der Waals surface area contributed by atoms with Crippen molar-refractivity contribution in [1.29, 1.82) is 0 Å². The zero-order valence-corrected chi connectivity index (χ0v) is 10.9. The zero-order valence-electron chi connectivity index (χ0n) is 10.9. The number of hydrogen-bond donors (Lipinski definition) is 1. The summed E-state index contributed by atoms with van der Waals surface area (Å²) in [5.74, 6) is 1.45. The molecule has 5 heteroatoms. The van der Waals surface area contributed by atoms with Gasteiger partial charge in [-0.2, -0.15) is 0 Å². The molecular weight excluding hydrogens is 242 g/mol. The molecule has 0 radical (unpaired) electrons. The first-order valence-electron chi connectivity index (χ1n) is 6.88. The number of nitrogens with one attached hydrogen (secondary N) is 1. The van der Waals surface area contributed by atoms with Crippen LogP contribution in [0.2, 0.25) is 0 Å². The average molecular weight is 261 g/mol. The maximum absolute atomic E-state index is 11.6. The molecule has 2 aliphatic rings. The van der Waals surface area contributed by atoms with Gasteiger partial charge in [0.1, 0.15) is 11.9 Å². The van der Waals surface area contributed by atoms with Crippen molar-refractivity contribution in [3.8, 4) is 0 Å². The van der Waals surface area contributed by atoms with Crippen molar-refractivity contribution in [2.75, 3.05) is 31.6 Å². The Morgan fingerprint density at radius 1 is 1.42 bits per heavy atom. The van der Waals surface area contributed by atoms with Gasteiger partial charge in [0.25, 0.3) is 0 Å². The van der Waals surface area contributed by atoms with E-state index in [1.165, 1.54) is 0 Å². The second-order valence-electron chi connectivity index (χ2n) is 5.22. The number of ether oxygens (including phenoxy) is 1. The molecule has 0 saturated carbocycles. The molecule has 19 heavy (non-hydrogen) atoms. The first kappa shape index (κ1) is 12.4. The van der Waals surface area contributed by atoms with E-state index >= 15 is 0 Å². The van der Waals surface area contributed by atoms with Crippen molar-refractivity contribution < 1.29 is 9.53 Å². The number of aromatic nitrogens is 1. The fourth-order valence-electron chi connectivity index (χ4n) is 2.85. The van der Waals surface area contributed by atoms with Gasteiger partial charge in [0.2, 0.25) is 0 Å². The summed E-state index contributed by atoms with van der Waals surface area (Å²) in [7, 11) is 0. The first-order valence-corrected chi connectivity index (χ1v) is 6.88. The summed E-state index contributed by atoms with van der Waals surface area (Å²) in [5.41, 5.74) is 0. The smallest absolute Gasteiger partial charge is 0.323 e. The summed E-state index contributed by atoms with van der Waals surface area (Å²) >= 11 is 0. The highest BCUT2D eigenvalue weighted by atomic mass is 16.5. The van der Waals surface area contributed by atoms with Crippen LogP contribution in [-0.2, 0) is 9.53 Å². The van der Waals surface area contributed by atoms with Crippen LogP contribution in [0.1, 0.15) is 12.8 Å². The number of rotatable bonds is 4. The molecule has 0 aliphatic carbocycles. The molecule has 2 aliphatic heterocycles. The van der Waals surface area contributed by atoms with E-state index in [0.717, 1.165) is 38.3 Å². The molecule has 1 N–H and O–H groups in total. The summed E-state index contributed by atoms with van der Waals surface area (Å²) in [5, 5.41) is 3.35. The van der Waals surface area contributed by atoms with Gasteiger partial charge in [-0.25, -0.2) is 4.98 Å². The first-order chi connectivity index (χ1) is 9.33. The van der Waals surface area contributed by atoms with Gasteiger partial charge in [0.05, 0.1) is 6.61 Å². The Morgan fingerprint density at radius 3 is 3.11 bits per heavy atom. The van der Waals surface area contributed by atoms with Crippen LogP contribution in [0.15, 0.2) is 24.4 Å². The van der Waals surface area contributed by atoms with E-state index < -0.39 is 0 Å². The molecule has 0 amide bonds. The van der Waals surface area contributed by atoms with Crippen molar-refractivity contribution >= 4 is 11.8 Å². The van der Waals surface area contributed by atoms with Crippen molar-refractivity contribution in [3.63, 3.8) is 0 Å². The van der Waals surface area contributed by atoms with Crippen LogP contribution in [0, 0.1) is 5.92 Å². The number of nitrogens with zero attached hydrogens (tertiary/aromatic N) is 2. The predicted octanol–water partition coefficient (Wildman–Crippen LogP) is 1.13. The van der Waals surface area contributed by atoms with Crippen molar-refractivity contribution in [2.45, 2.75) is 18.9 Å². The van der Waals surface area contributed by atoms with E-state index in [9.17, 15) is 4.79 Å². The van der Waals surface area contributed by atoms with Gasteiger partial charge in [-0.3, -0.25) is 9.69 Å². The Kier molecular flexibility index (Phi) is 3.64. The largest absolute Gasteiger partial charge is 0.464 e. The van der Waals surface area contributed by atoms with E-state index in [2.05, 4.69) is 15.2 Å². The summed E-state index contributed by atoms with van der Waals surface area (Å²) in [6, 6.07) is 5.86. The number of cyclic esters (lactones) is 1. The molecule has 0 aromatic carbocycles. The Balaban J connectivity index is 1.48. The number of hydrogen-bond acceptors (Lipinski definition) is 5. The number of likely N-dealkylation sites (tertiary alicyclic amines) is 1. The summed E-state index contributed by atoms with van der Waals surface area (Å²) < 4.78 is 5.04. The van der Waals surface area contributed by atoms with Crippen molar-refractivity contribution in [3.05, 3.63) is 24.4 Å². The van der Waals surface area contributed by atoms with Gasteiger partial charge >= 0.3 is 5.97 Å². The zero-order chi connectivity index (χ0) is 13.1. The van der Waals surface area contributed by atoms with Crippen molar-refractivity contribution in [1.82, 2.24) is 9.88 Å². The van der Waals surface area contributed by atoms with Crippen LogP contribution >= 0.6 is 0 Å². The number of esters is 1. The second kappa shape index (κ2) is 5.57. The quantitative estimate of drug-likeness (QED) is 0.823. The van der Waals surface area contributed by atoms with E-state index in [0.29, 0.717) is 12.5 Å². The van der Waals surface area contributed by atoms with E-state index in [4.69, 9.17) is 4.74 Å². The minimum absolute atomic E-state index is 0.000139. The molecule has 5 nitrogen and oxygen atoms in total. The molecule has 3 heterocycles. The Morgan fingerprint density at radius 2 is 2.37 bits per heavy atom. The van der Waals surface area contributed by atoms with Gasteiger partial charge < -0.3 is 10.1 Å². The Bertz CT molecular complexity index is 438. The standard InChI is InChI=1S/C14H19N3O2/c18-14-12(5-8-19-14)17-7-4-11(10-17)9-16-13-3-1-2-6-15-13/h1-3,6,11-12H,4-5,7-10H2,(H,15,16)/t11-,12-/m0/s1. The van der Waals surface area contributed by atoms with Crippen LogP contribution in [0.3, 0.4) is 0 Å².